The zero-order valence-corrected chi connectivity index (χ0v) is 17.3. The highest BCUT2D eigenvalue weighted by Crippen LogP contribution is 2.31. The molecule has 1 aliphatic heterocycles. The monoisotopic (exact) mass is 432 g/mol. The summed E-state index contributed by atoms with van der Waals surface area (Å²) in [5, 5.41) is 9.56. The van der Waals surface area contributed by atoms with Crippen molar-refractivity contribution in [2.24, 2.45) is 0 Å². The van der Waals surface area contributed by atoms with Gasteiger partial charge in [-0.25, -0.2) is 4.79 Å². The molecule has 3 aromatic rings. The third-order valence-electron chi connectivity index (χ3n) is 4.82. The van der Waals surface area contributed by atoms with Crippen LogP contribution >= 0.6 is 22.9 Å². The Labute approximate surface area is 176 Å². The fourth-order valence-corrected chi connectivity index (χ4v) is 4.20. The largest absolute Gasteiger partial charge is 0.437 e. The lowest BCUT2D eigenvalue weighted by Crippen LogP contribution is -2.30. The van der Waals surface area contributed by atoms with Crippen molar-refractivity contribution in [3.63, 3.8) is 0 Å². The Morgan fingerprint density at radius 1 is 1.24 bits per heavy atom. The van der Waals surface area contributed by atoms with E-state index in [9.17, 15) is 9.59 Å². The Balaban J connectivity index is 1.43. The van der Waals surface area contributed by atoms with E-state index in [2.05, 4.69) is 15.3 Å². The number of nitrogens with zero attached hydrogens (tertiary/aromatic N) is 3. The second kappa shape index (κ2) is 8.84. The van der Waals surface area contributed by atoms with E-state index in [0.29, 0.717) is 10.7 Å². The molecule has 2 aromatic heterocycles. The number of aromatic nitrogens is 2. The predicted octanol–water partition coefficient (Wildman–Crippen LogP) is 4.24. The molecule has 0 unspecified atom stereocenters. The quantitative estimate of drug-likeness (QED) is 0.630. The zero-order chi connectivity index (χ0) is 20.2. The van der Waals surface area contributed by atoms with E-state index in [1.54, 1.807) is 6.07 Å². The third kappa shape index (κ3) is 4.71. The van der Waals surface area contributed by atoms with E-state index >= 15 is 0 Å². The number of amides is 1. The molecular weight excluding hydrogens is 412 g/mol. The molecule has 1 amide bonds. The number of rotatable bonds is 6. The van der Waals surface area contributed by atoms with Gasteiger partial charge in [-0.05, 0) is 48.9 Å². The number of halogens is 1. The number of hydrogen-bond acceptors (Lipinski definition) is 6. The molecule has 3 heterocycles. The fraction of sp³-hybridized carbons (Fsp3) is 0.350. The summed E-state index contributed by atoms with van der Waals surface area (Å²) in [6, 6.07) is 9.23. The van der Waals surface area contributed by atoms with Gasteiger partial charge in [-0.3, -0.25) is 4.79 Å². The van der Waals surface area contributed by atoms with Crippen LogP contribution in [0.5, 0.6) is 0 Å². The standard InChI is InChI=1S/C20H21ClN4O3S/c21-14-6-7-16(24-9-2-1-3-10-24)15(13-14)22-18(26)8-11-25-20(27)28-19(23-25)17-5-4-12-29-17/h4-7,12-13H,1-3,8-11H2,(H,22,26). The molecule has 0 spiro atoms. The Morgan fingerprint density at radius 3 is 2.83 bits per heavy atom. The minimum atomic E-state index is -0.571. The molecule has 9 heteroatoms. The number of carbonyl (C=O) groups is 1. The number of benzene rings is 1. The average Bonchev–Trinajstić information content (AvgIpc) is 3.37. The van der Waals surface area contributed by atoms with Gasteiger partial charge in [0.2, 0.25) is 5.91 Å². The fourth-order valence-electron chi connectivity index (χ4n) is 3.39. The van der Waals surface area contributed by atoms with Gasteiger partial charge in [-0.15, -0.1) is 16.4 Å². The minimum absolute atomic E-state index is 0.0995. The maximum atomic E-state index is 12.5. The average molecular weight is 433 g/mol. The van der Waals surface area contributed by atoms with Crippen molar-refractivity contribution in [2.45, 2.75) is 32.2 Å². The van der Waals surface area contributed by atoms with E-state index in [4.69, 9.17) is 16.0 Å². The highest BCUT2D eigenvalue weighted by molar-refractivity contribution is 7.13. The lowest BCUT2D eigenvalue weighted by molar-refractivity contribution is -0.116. The van der Waals surface area contributed by atoms with Crippen molar-refractivity contribution in [3.8, 4) is 10.8 Å². The molecule has 0 bridgehead atoms. The van der Waals surface area contributed by atoms with Crippen LogP contribution in [0.25, 0.3) is 10.8 Å². The van der Waals surface area contributed by atoms with Crippen molar-refractivity contribution in [1.29, 1.82) is 0 Å². The normalized spacial score (nSPS) is 14.2. The molecule has 1 N–H and O–H groups in total. The number of hydrogen-bond donors (Lipinski definition) is 1. The van der Waals surface area contributed by atoms with Crippen LogP contribution < -0.4 is 16.0 Å². The third-order valence-corrected chi connectivity index (χ3v) is 5.91. The lowest BCUT2D eigenvalue weighted by atomic mass is 10.1. The molecule has 0 atom stereocenters. The van der Waals surface area contributed by atoms with Crippen LogP contribution in [0.1, 0.15) is 25.7 Å². The Morgan fingerprint density at radius 2 is 2.07 bits per heavy atom. The Kier molecular flexibility index (Phi) is 6.01. The lowest BCUT2D eigenvalue weighted by Gasteiger charge is -2.30. The molecule has 1 saturated heterocycles. The van der Waals surface area contributed by atoms with Crippen molar-refractivity contribution < 1.29 is 9.21 Å². The van der Waals surface area contributed by atoms with Crippen LogP contribution in [0.3, 0.4) is 0 Å². The Hall–Kier alpha value is -2.58. The van der Waals surface area contributed by atoms with Gasteiger partial charge in [0.25, 0.3) is 5.89 Å². The number of nitrogens with one attached hydrogen (secondary N) is 1. The highest BCUT2D eigenvalue weighted by atomic mass is 35.5. The summed E-state index contributed by atoms with van der Waals surface area (Å²) in [6.07, 6.45) is 3.60. The first kappa shape index (κ1) is 19.7. The summed E-state index contributed by atoms with van der Waals surface area (Å²) >= 11 is 7.58. The van der Waals surface area contributed by atoms with E-state index < -0.39 is 5.76 Å². The summed E-state index contributed by atoms with van der Waals surface area (Å²) in [6.45, 7) is 2.06. The van der Waals surface area contributed by atoms with E-state index in [1.807, 2.05) is 29.6 Å². The van der Waals surface area contributed by atoms with Crippen LogP contribution in [0.4, 0.5) is 11.4 Å². The van der Waals surface area contributed by atoms with Gasteiger partial charge in [0.1, 0.15) is 0 Å². The first-order valence-corrected chi connectivity index (χ1v) is 10.8. The molecule has 7 nitrogen and oxygen atoms in total. The smallest absolute Gasteiger partial charge is 0.387 e. The summed E-state index contributed by atoms with van der Waals surface area (Å²) in [7, 11) is 0. The number of aryl methyl sites for hydroxylation is 1. The molecule has 29 heavy (non-hydrogen) atoms. The molecule has 0 radical (unpaired) electrons. The van der Waals surface area contributed by atoms with E-state index in [0.717, 1.165) is 36.5 Å². The maximum absolute atomic E-state index is 12.5. The number of carbonyl (C=O) groups excluding carboxylic acids is 1. The molecule has 1 fully saturated rings. The van der Waals surface area contributed by atoms with Gasteiger partial charge < -0.3 is 14.6 Å². The van der Waals surface area contributed by atoms with Gasteiger partial charge in [-0.1, -0.05) is 17.7 Å². The maximum Gasteiger partial charge on any atom is 0.437 e. The molecule has 0 aliphatic carbocycles. The molecular formula is C20H21ClN4O3S. The molecule has 1 aliphatic rings. The van der Waals surface area contributed by atoms with Crippen LogP contribution in [-0.4, -0.2) is 28.8 Å². The van der Waals surface area contributed by atoms with E-state index in [-0.39, 0.29) is 24.8 Å². The van der Waals surface area contributed by atoms with Crippen LogP contribution in [0.15, 0.2) is 44.9 Å². The van der Waals surface area contributed by atoms with Gasteiger partial charge >= 0.3 is 5.76 Å². The predicted molar refractivity (Wildman–Crippen MR) is 115 cm³/mol. The second-order valence-electron chi connectivity index (χ2n) is 6.88. The summed E-state index contributed by atoms with van der Waals surface area (Å²) in [5.74, 6) is -0.510. The van der Waals surface area contributed by atoms with Gasteiger partial charge in [0, 0.05) is 24.5 Å². The van der Waals surface area contributed by atoms with Gasteiger partial charge in [0.15, 0.2) is 0 Å². The Bertz CT molecular complexity index is 1040. The van der Waals surface area contributed by atoms with Crippen LogP contribution in [0.2, 0.25) is 5.02 Å². The zero-order valence-electron chi connectivity index (χ0n) is 15.8. The van der Waals surface area contributed by atoms with Crippen LogP contribution in [-0.2, 0) is 11.3 Å². The number of piperidine rings is 1. The van der Waals surface area contributed by atoms with Crippen molar-refractivity contribution >= 4 is 40.2 Å². The number of thiophene rings is 1. The minimum Gasteiger partial charge on any atom is -0.387 e. The second-order valence-corrected chi connectivity index (χ2v) is 8.27. The SMILES string of the molecule is O=C(CCn1nc(-c2cccs2)oc1=O)Nc1cc(Cl)ccc1N1CCCCC1. The van der Waals surface area contributed by atoms with Gasteiger partial charge in [-0.2, -0.15) is 4.68 Å². The summed E-state index contributed by atoms with van der Waals surface area (Å²) in [4.78, 5) is 27.6. The van der Waals surface area contributed by atoms with Gasteiger partial charge in [0.05, 0.1) is 22.8 Å². The number of anilines is 2. The molecule has 4 rings (SSSR count). The van der Waals surface area contributed by atoms with Crippen molar-refractivity contribution in [2.75, 3.05) is 23.3 Å². The highest BCUT2D eigenvalue weighted by Gasteiger charge is 2.17. The molecule has 0 saturated carbocycles. The van der Waals surface area contributed by atoms with Crippen molar-refractivity contribution in [3.05, 3.63) is 51.3 Å². The first-order valence-electron chi connectivity index (χ1n) is 9.56. The van der Waals surface area contributed by atoms with Crippen LogP contribution in [0, 0.1) is 0 Å². The summed E-state index contributed by atoms with van der Waals surface area (Å²) in [5.41, 5.74) is 1.66. The summed E-state index contributed by atoms with van der Waals surface area (Å²) < 4.78 is 6.35. The topological polar surface area (TPSA) is 80.4 Å². The first-order chi connectivity index (χ1) is 14.1. The van der Waals surface area contributed by atoms with Crippen molar-refractivity contribution in [1.82, 2.24) is 9.78 Å². The molecule has 152 valence electrons. The van der Waals surface area contributed by atoms with E-state index in [1.165, 1.54) is 22.4 Å². The molecule has 1 aromatic carbocycles.